The topological polar surface area (TPSA) is 17.1 Å². The lowest BCUT2D eigenvalue weighted by Crippen LogP contribution is -1.55. The minimum absolute atomic E-state index is 0. The molecule has 0 fully saturated rings. The summed E-state index contributed by atoms with van der Waals surface area (Å²) >= 11 is 0. The molecule has 0 aromatic carbocycles. The second-order valence-corrected chi connectivity index (χ2v) is 1.98. The van der Waals surface area contributed by atoms with Crippen LogP contribution in [0.15, 0.2) is 12.7 Å². The number of aldehydes is 1. The maximum Gasteiger partial charge on any atom is 0.119 e. The van der Waals surface area contributed by atoms with Gasteiger partial charge in [-0.25, -0.2) is 0 Å². The van der Waals surface area contributed by atoms with Gasteiger partial charge in [0.15, 0.2) is 0 Å². The highest BCUT2D eigenvalue weighted by atomic mass is 16.1. The summed E-state index contributed by atoms with van der Waals surface area (Å²) in [7, 11) is 0. The van der Waals surface area contributed by atoms with E-state index < -0.39 is 0 Å². The molecule has 0 aliphatic heterocycles. The molecule has 0 aliphatic rings. The fourth-order valence-corrected chi connectivity index (χ4v) is 0. The number of carbonyl (C=O) groups excluding carboxylic acids is 1. The Bertz CT molecular complexity index is 50.1. The molecule has 0 spiro atoms. The van der Waals surface area contributed by atoms with E-state index in [1.165, 1.54) is 6.42 Å². The molecule has 0 aliphatic carbocycles. The van der Waals surface area contributed by atoms with Crippen LogP contribution in [0.5, 0.6) is 0 Å². The van der Waals surface area contributed by atoms with E-state index in [2.05, 4.69) is 27.4 Å². The molecule has 0 aromatic heterocycles. The second-order valence-electron chi connectivity index (χ2n) is 1.98. The SMILES string of the molecule is C.C.C=CCC.CCC.CCC=O. The lowest BCUT2D eigenvalue weighted by atomic mass is 10.5. The van der Waals surface area contributed by atoms with E-state index in [1.54, 1.807) is 0 Å². The monoisotopic (exact) mass is 190 g/mol. The Labute approximate surface area is 86.2 Å². The van der Waals surface area contributed by atoms with Crippen molar-refractivity contribution in [3.05, 3.63) is 12.7 Å². The Morgan fingerprint density at radius 3 is 1.15 bits per heavy atom. The zero-order chi connectivity index (χ0) is 9.54. The third kappa shape index (κ3) is 508. The standard InChI is InChI=1S/C4H8.C3H6O.C3H8.2CH4/c1-3-4-2;1-2-3-4;1-3-2;;/h3H,1,4H2,2H3;3H,2H2,1H3;3H2,1-2H3;2*1H4. The Balaban J connectivity index is -0.0000000231. The molecule has 84 valence electrons. The summed E-state index contributed by atoms with van der Waals surface area (Å²) in [4.78, 5) is 9.17. The van der Waals surface area contributed by atoms with Crippen molar-refractivity contribution in [3.8, 4) is 0 Å². The minimum atomic E-state index is 0. The fourth-order valence-electron chi connectivity index (χ4n) is 0. The summed E-state index contributed by atoms with van der Waals surface area (Å²) < 4.78 is 0. The number of rotatable bonds is 2. The maximum atomic E-state index is 9.17. The van der Waals surface area contributed by atoms with Gasteiger partial charge in [0, 0.05) is 6.42 Å². The Hall–Kier alpha value is -0.590. The van der Waals surface area contributed by atoms with Gasteiger partial charge in [-0.15, -0.1) is 6.58 Å². The number of hydrogen-bond acceptors (Lipinski definition) is 1. The largest absolute Gasteiger partial charge is 0.303 e. The predicted octanol–water partition coefficient (Wildman–Crippen LogP) is 4.87. The first-order valence-corrected chi connectivity index (χ1v) is 4.29. The van der Waals surface area contributed by atoms with Gasteiger partial charge in [-0.1, -0.05) is 55.0 Å². The molecule has 0 bridgehead atoms. The summed E-state index contributed by atoms with van der Waals surface area (Å²) in [6.07, 6.45) is 5.72. The molecular weight excluding hydrogens is 160 g/mol. The highest BCUT2D eigenvalue weighted by Gasteiger charge is 1.52. The van der Waals surface area contributed by atoms with Crippen LogP contribution in [0.3, 0.4) is 0 Å². The van der Waals surface area contributed by atoms with Gasteiger partial charge in [-0.05, 0) is 6.42 Å². The van der Waals surface area contributed by atoms with Gasteiger partial charge in [0.05, 0.1) is 0 Å². The molecule has 0 aromatic rings. The lowest BCUT2D eigenvalue weighted by molar-refractivity contribution is -0.107. The van der Waals surface area contributed by atoms with Crippen LogP contribution in [0.4, 0.5) is 0 Å². The first-order chi connectivity index (χ1) is 5.24. The fraction of sp³-hybridized carbons (Fsp3) is 0.750. The summed E-state index contributed by atoms with van der Waals surface area (Å²) in [5.74, 6) is 0. The average Bonchev–Trinajstić information content (AvgIpc) is 2.06. The van der Waals surface area contributed by atoms with Crippen LogP contribution in [0.2, 0.25) is 0 Å². The molecule has 0 N–H and O–H groups in total. The quantitative estimate of drug-likeness (QED) is 0.448. The molecule has 0 saturated heterocycles. The summed E-state index contributed by atoms with van der Waals surface area (Å²) in [5, 5.41) is 0. The van der Waals surface area contributed by atoms with Crippen molar-refractivity contribution in [1.82, 2.24) is 0 Å². The van der Waals surface area contributed by atoms with Gasteiger partial charge in [-0.3, -0.25) is 0 Å². The van der Waals surface area contributed by atoms with Crippen LogP contribution in [0, 0.1) is 0 Å². The molecule has 0 amide bonds. The second kappa shape index (κ2) is 63.6. The van der Waals surface area contributed by atoms with Crippen LogP contribution in [0.1, 0.15) is 61.8 Å². The van der Waals surface area contributed by atoms with Gasteiger partial charge in [0.25, 0.3) is 0 Å². The maximum absolute atomic E-state index is 9.17. The van der Waals surface area contributed by atoms with Gasteiger partial charge in [0.1, 0.15) is 6.29 Å². The molecule has 0 radical (unpaired) electrons. The first-order valence-electron chi connectivity index (χ1n) is 4.29. The van der Waals surface area contributed by atoms with E-state index in [0.717, 1.165) is 12.7 Å². The van der Waals surface area contributed by atoms with E-state index in [-0.39, 0.29) is 14.9 Å². The Morgan fingerprint density at radius 2 is 1.15 bits per heavy atom. The number of allylic oxidation sites excluding steroid dienone is 1. The summed E-state index contributed by atoms with van der Waals surface area (Å²) in [6, 6.07) is 0. The highest BCUT2D eigenvalue weighted by molar-refractivity contribution is 5.48. The van der Waals surface area contributed by atoms with Gasteiger partial charge in [-0.2, -0.15) is 0 Å². The van der Waals surface area contributed by atoms with Crippen molar-refractivity contribution in [1.29, 1.82) is 0 Å². The lowest BCUT2D eigenvalue weighted by Gasteiger charge is -1.57. The smallest absolute Gasteiger partial charge is 0.119 e. The number of carbonyl (C=O) groups is 1. The van der Waals surface area contributed by atoms with Crippen LogP contribution in [-0.2, 0) is 4.79 Å². The van der Waals surface area contributed by atoms with Gasteiger partial charge >= 0.3 is 0 Å². The van der Waals surface area contributed by atoms with Crippen LogP contribution in [-0.4, -0.2) is 6.29 Å². The van der Waals surface area contributed by atoms with Crippen molar-refractivity contribution in [2.75, 3.05) is 0 Å². The van der Waals surface area contributed by atoms with Gasteiger partial charge in [0.2, 0.25) is 0 Å². The van der Waals surface area contributed by atoms with E-state index in [4.69, 9.17) is 0 Å². The normalized spacial score (nSPS) is 5.23. The van der Waals surface area contributed by atoms with Crippen LogP contribution in [0.25, 0.3) is 0 Å². The first kappa shape index (κ1) is 29.4. The minimum Gasteiger partial charge on any atom is -0.303 e. The molecule has 1 nitrogen and oxygen atoms in total. The summed E-state index contributed by atoms with van der Waals surface area (Å²) in [6.45, 7) is 11.6. The summed E-state index contributed by atoms with van der Waals surface area (Å²) in [5.41, 5.74) is 0. The molecule has 13 heavy (non-hydrogen) atoms. The van der Waals surface area contributed by atoms with Crippen LogP contribution >= 0.6 is 0 Å². The van der Waals surface area contributed by atoms with Crippen LogP contribution < -0.4 is 0 Å². The van der Waals surface area contributed by atoms with E-state index >= 15 is 0 Å². The van der Waals surface area contributed by atoms with Crippen molar-refractivity contribution < 1.29 is 4.79 Å². The van der Waals surface area contributed by atoms with E-state index in [9.17, 15) is 4.79 Å². The van der Waals surface area contributed by atoms with Crippen molar-refractivity contribution in [2.24, 2.45) is 0 Å². The number of hydrogen-bond donors (Lipinski definition) is 0. The molecule has 1 heteroatoms. The average molecular weight is 190 g/mol. The zero-order valence-corrected chi connectivity index (χ0v) is 8.39. The molecule has 0 saturated carbocycles. The molecule has 0 unspecified atom stereocenters. The van der Waals surface area contributed by atoms with Crippen molar-refractivity contribution in [3.63, 3.8) is 0 Å². The molecule has 0 heterocycles. The third-order valence-corrected chi connectivity index (χ3v) is 0.455. The third-order valence-electron chi connectivity index (χ3n) is 0.455. The van der Waals surface area contributed by atoms with Crippen molar-refractivity contribution in [2.45, 2.75) is 61.8 Å². The molecule has 0 rings (SSSR count). The molecule has 0 atom stereocenters. The Morgan fingerprint density at radius 1 is 1.00 bits per heavy atom. The van der Waals surface area contributed by atoms with E-state index in [0.29, 0.717) is 6.42 Å². The zero-order valence-electron chi connectivity index (χ0n) is 8.39. The molecular formula is C12H30O. The van der Waals surface area contributed by atoms with Crippen molar-refractivity contribution >= 4 is 6.29 Å². The highest BCUT2D eigenvalue weighted by Crippen LogP contribution is 1.66. The predicted molar refractivity (Wildman–Crippen MR) is 66.3 cm³/mol. The Kier molecular flexibility index (Phi) is 144. The van der Waals surface area contributed by atoms with Gasteiger partial charge < -0.3 is 4.79 Å². The van der Waals surface area contributed by atoms with E-state index in [1.807, 2.05) is 13.0 Å².